The van der Waals surface area contributed by atoms with Gasteiger partial charge in [-0.15, -0.1) is 0 Å². The maximum absolute atomic E-state index is 12.3. The Kier molecular flexibility index (Phi) is 7.32. The van der Waals surface area contributed by atoms with Crippen LogP contribution >= 0.6 is 34.7 Å². The summed E-state index contributed by atoms with van der Waals surface area (Å²) in [6, 6.07) is -0.0405. The van der Waals surface area contributed by atoms with Gasteiger partial charge >= 0.3 is 0 Å². The summed E-state index contributed by atoms with van der Waals surface area (Å²) in [5.41, 5.74) is 0. The average Bonchev–Trinajstić information content (AvgIpc) is 2.81. The monoisotopic (exact) mass is 363 g/mol. The van der Waals surface area contributed by atoms with Crippen LogP contribution in [0.25, 0.3) is 0 Å². The van der Waals surface area contributed by atoms with E-state index in [4.69, 9.17) is 23.2 Å². The van der Waals surface area contributed by atoms with Crippen LogP contribution < -0.4 is 5.32 Å². The third-order valence-corrected chi connectivity index (χ3v) is 5.02. The van der Waals surface area contributed by atoms with Gasteiger partial charge in [-0.05, 0) is 29.9 Å². The number of rotatable bonds is 7. The molecule has 1 unspecified atom stereocenters. The largest absolute Gasteiger partial charge is 0.350 e. The standard InChI is InChI=1S/C14H19Cl2N3O2S/c1-5-10(20)17-9(8(2)3)6-7-19(4)14(21)12-11(15)13(16)18-22-12/h5,8-9H,1,6-7H2,2-4H3,(H,17,20). The summed E-state index contributed by atoms with van der Waals surface area (Å²) in [5, 5.41) is 3.19. The molecule has 0 saturated heterocycles. The van der Waals surface area contributed by atoms with Crippen LogP contribution in [0.3, 0.4) is 0 Å². The van der Waals surface area contributed by atoms with Crippen molar-refractivity contribution in [1.82, 2.24) is 14.6 Å². The molecule has 0 spiro atoms. The summed E-state index contributed by atoms with van der Waals surface area (Å²) in [6.07, 6.45) is 1.87. The molecular weight excluding hydrogens is 345 g/mol. The molecule has 8 heteroatoms. The van der Waals surface area contributed by atoms with Crippen molar-refractivity contribution in [2.45, 2.75) is 26.3 Å². The number of hydrogen-bond acceptors (Lipinski definition) is 4. The molecule has 2 amide bonds. The Labute approximate surface area is 144 Å². The molecule has 5 nitrogen and oxygen atoms in total. The molecule has 22 heavy (non-hydrogen) atoms. The molecule has 0 aliphatic carbocycles. The highest BCUT2D eigenvalue weighted by molar-refractivity contribution is 7.09. The summed E-state index contributed by atoms with van der Waals surface area (Å²) in [5.74, 6) is -0.203. The minimum Gasteiger partial charge on any atom is -0.350 e. The molecule has 1 atom stereocenters. The van der Waals surface area contributed by atoms with Gasteiger partial charge in [0.25, 0.3) is 5.91 Å². The van der Waals surface area contributed by atoms with Crippen molar-refractivity contribution in [3.05, 3.63) is 27.7 Å². The van der Waals surface area contributed by atoms with E-state index in [9.17, 15) is 9.59 Å². The number of carbonyl (C=O) groups excluding carboxylic acids is 2. The fourth-order valence-electron chi connectivity index (χ4n) is 1.81. The first-order chi connectivity index (χ1) is 10.3. The Morgan fingerprint density at radius 3 is 2.55 bits per heavy atom. The zero-order valence-corrected chi connectivity index (χ0v) is 15.1. The van der Waals surface area contributed by atoms with E-state index in [0.717, 1.165) is 11.5 Å². The summed E-state index contributed by atoms with van der Waals surface area (Å²) in [7, 11) is 1.68. The normalized spacial score (nSPS) is 12.1. The van der Waals surface area contributed by atoms with E-state index in [-0.39, 0.29) is 33.9 Å². The Morgan fingerprint density at radius 2 is 2.09 bits per heavy atom. The van der Waals surface area contributed by atoms with Gasteiger partial charge in [0.15, 0.2) is 5.15 Å². The lowest BCUT2D eigenvalue weighted by Crippen LogP contribution is -2.40. The van der Waals surface area contributed by atoms with Crippen molar-refractivity contribution in [3.8, 4) is 0 Å². The van der Waals surface area contributed by atoms with Gasteiger partial charge in [0.2, 0.25) is 5.91 Å². The lowest BCUT2D eigenvalue weighted by atomic mass is 10.0. The molecule has 1 aromatic rings. The second-order valence-electron chi connectivity index (χ2n) is 5.20. The number of nitrogens with zero attached hydrogens (tertiary/aromatic N) is 2. The molecule has 1 aromatic heterocycles. The smallest absolute Gasteiger partial charge is 0.266 e. The predicted molar refractivity (Wildman–Crippen MR) is 90.7 cm³/mol. The van der Waals surface area contributed by atoms with Crippen LogP contribution in [0.15, 0.2) is 12.7 Å². The number of aromatic nitrogens is 1. The minimum absolute atomic E-state index is 0.0405. The van der Waals surface area contributed by atoms with Gasteiger partial charge in [0, 0.05) is 19.6 Å². The maximum Gasteiger partial charge on any atom is 0.266 e. The Balaban J connectivity index is 2.65. The molecule has 1 rings (SSSR count). The molecule has 0 radical (unpaired) electrons. The highest BCUT2D eigenvalue weighted by Gasteiger charge is 2.22. The second kappa shape index (κ2) is 8.50. The second-order valence-corrected chi connectivity index (χ2v) is 6.70. The molecule has 0 aliphatic heterocycles. The highest BCUT2D eigenvalue weighted by Crippen LogP contribution is 2.29. The Hall–Kier alpha value is -1.11. The number of nitrogens with one attached hydrogen (secondary N) is 1. The lowest BCUT2D eigenvalue weighted by molar-refractivity contribution is -0.117. The third kappa shape index (κ3) is 4.97. The van der Waals surface area contributed by atoms with Gasteiger partial charge in [-0.2, -0.15) is 4.37 Å². The minimum atomic E-state index is -0.230. The van der Waals surface area contributed by atoms with Gasteiger partial charge in [-0.25, -0.2) is 0 Å². The van der Waals surface area contributed by atoms with Crippen LogP contribution in [0, 0.1) is 5.92 Å². The molecule has 0 aromatic carbocycles. The molecule has 0 bridgehead atoms. The van der Waals surface area contributed by atoms with E-state index in [1.807, 2.05) is 13.8 Å². The van der Waals surface area contributed by atoms with E-state index in [0.29, 0.717) is 17.8 Å². The van der Waals surface area contributed by atoms with Crippen LogP contribution in [0.1, 0.15) is 29.9 Å². The number of carbonyl (C=O) groups is 2. The third-order valence-electron chi connectivity index (χ3n) is 3.23. The summed E-state index contributed by atoms with van der Waals surface area (Å²) in [6.45, 7) is 7.94. The topological polar surface area (TPSA) is 62.3 Å². The SMILES string of the molecule is C=CC(=O)NC(CCN(C)C(=O)c1snc(Cl)c1Cl)C(C)C. The number of hydrogen-bond donors (Lipinski definition) is 1. The molecular formula is C14H19Cl2N3O2S. The summed E-state index contributed by atoms with van der Waals surface area (Å²) >= 11 is 12.7. The predicted octanol–water partition coefficient (Wildman–Crippen LogP) is 3.24. The van der Waals surface area contributed by atoms with Crippen molar-refractivity contribution < 1.29 is 9.59 Å². The van der Waals surface area contributed by atoms with Gasteiger partial charge in [0.1, 0.15) is 9.90 Å². The van der Waals surface area contributed by atoms with Crippen LogP contribution in [-0.2, 0) is 4.79 Å². The fraction of sp³-hybridized carbons (Fsp3) is 0.500. The van der Waals surface area contributed by atoms with E-state index in [1.54, 1.807) is 11.9 Å². The Bertz CT molecular complexity index is 560. The first-order valence-corrected chi connectivity index (χ1v) is 8.29. The van der Waals surface area contributed by atoms with Crippen LogP contribution in [0.4, 0.5) is 0 Å². The lowest BCUT2D eigenvalue weighted by Gasteiger charge is -2.25. The number of halogens is 2. The van der Waals surface area contributed by atoms with Gasteiger partial charge < -0.3 is 10.2 Å². The van der Waals surface area contributed by atoms with Crippen LogP contribution in [0.5, 0.6) is 0 Å². The number of amides is 2. The van der Waals surface area contributed by atoms with E-state index < -0.39 is 0 Å². The van der Waals surface area contributed by atoms with Crippen LogP contribution in [0.2, 0.25) is 10.2 Å². The van der Waals surface area contributed by atoms with Crippen LogP contribution in [-0.4, -0.2) is 40.7 Å². The molecule has 122 valence electrons. The maximum atomic E-state index is 12.3. The van der Waals surface area contributed by atoms with Crippen molar-refractivity contribution >= 4 is 46.5 Å². The first-order valence-electron chi connectivity index (χ1n) is 6.77. The molecule has 1 heterocycles. The van der Waals surface area contributed by atoms with Gasteiger partial charge in [-0.1, -0.05) is 43.6 Å². The molecule has 0 saturated carbocycles. The van der Waals surface area contributed by atoms with E-state index >= 15 is 0 Å². The molecule has 0 fully saturated rings. The average molecular weight is 364 g/mol. The van der Waals surface area contributed by atoms with E-state index in [1.165, 1.54) is 6.08 Å². The fourth-order valence-corrected chi connectivity index (χ4v) is 3.02. The molecule has 1 N–H and O–H groups in total. The van der Waals surface area contributed by atoms with E-state index in [2.05, 4.69) is 16.3 Å². The summed E-state index contributed by atoms with van der Waals surface area (Å²) < 4.78 is 3.85. The first kappa shape index (κ1) is 18.9. The van der Waals surface area contributed by atoms with Crippen molar-refractivity contribution in [2.24, 2.45) is 5.92 Å². The van der Waals surface area contributed by atoms with Crippen molar-refractivity contribution in [2.75, 3.05) is 13.6 Å². The highest BCUT2D eigenvalue weighted by atomic mass is 35.5. The summed E-state index contributed by atoms with van der Waals surface area (Å²) in [4.78, 5) is 25.6. The van der Waals surface area contributed by atoms with Crippen molar-refractivity contribution in [3.63, 3.8) is 0 Å². The zero-order valence-electron chi connectivity index (χ0n) is 12.7. The van der Waals surface area contributed by atoms with Gasteiger partial charge in [-0.3, -0.25) is 9.59 Å². The molecule has 0 aliphatic rings. The zero-order chi connectivity index (χ0) is 16.9. The Morgan fingerprint density at radius 1 is 1.45 bits per heavy atom. The van der Waals surface area contributed by atoms with Crippen molar-refractivity contribution in [1.29, 1.82) is 0 Å². The quantitative estimate of drug-likeness (QED) is 0.756. The van der Waals surface area contributed by atoms with Gasteiger partial charge in [0.05, 0.1) is 0 Å².